The van der Waals surface area contributed by atoms with E-state index in [0.717, 1.165) is 22.3 Å². The summed E-state index contributed by atoms with van der Waals surface area (Å²) in [6.45, 7) is 11.0. The van der Waals surface area contributed by atoms with Crippen LogP contribution in [-0.2, 0) is 11.2 Å². The number of ether oxygens (including phenoxy) is 4. The molecule has 0 saturated carbocycles. The van der Waals surface area contributed by atoms with E-state index in [1.165, 1.54) is 0 Å². The Morgan fingerprint density at radius 3 is 2.06 bits per heavy atom. The summed E-state index contributed by atoms with van der Waals surface area (Å²) in [6.07, 6.45) is 2.12. The van der Waals surface area contributed by atoms with Crippen molar-refractivity contribution in [2.24, 2.45) is 0 Å². The Morgan fingerprint density at radius 1 is 0.886 bits per heavy atom. The minimum Gasteiger partial charge on any atom is -0.541 e. The molecule has 190 valence electrons. The van der Waals surface area contributed by atoms with Gasteiger partial charge in [-0.2, -0.15) is 0 Å². The zero-order valence-corrected chi connectivity index (χ0v) is 24.6. The summed E-state index contributed by atoms with van der Waals surface area (Å²) in [5, 5.41) is 0.0125. The van der Waals surface area contributed by atoms with E-state index in [1.807, 2.05) is 24.3 Å². The molecule has 6 nitrogen and oxygen atoms in total. The zero-order chi connectivity index (χ0) is 26.1. The fourth-order valence-electron chi connectivity index (χ4n) is 3.84. The monoisotopic (exact) mass is 562 g/mol. The molecule has 0 radical (unpaired) electrons. The van der Waals surface area contributed by atoms with Crippen LogP contribution in [0.3, 0.4) is 0 Å². The van der Waals surface area contributed by atoms with Crippen molar-refractivity contribution < 1.29 is 28.2 Å². The molecule has 0 N–H and O–H groups in total. The third-order valence-corrected chi connectivity index (χ3v) is 12.0. The number of carbonyl (C=O) groups is 1. The quantitative estimate of drug-likeness (QED) is 0.286. The van der Waals surface area contributed by atoms with E-state index in [4.69, 9.17) is 23.4 Å². The van der Waals surface area contributed by atoms with Crippen LogP contribution in [0.25, 0.3) is 5.57 Å². The van der Waals surface area contributed by atoms with Crippen molar-refractivity contribution in [1.82, 2.24) is 0 Å². The predicted octanol–water partition coefficient (Wildman–Crippen LogP) is 6.43. The van der Waals surface area contributed by atoms with Crippen LogP contribution in [0.1, 0.15) is 37.5 Å². The summed E-state index contributed by atoms with van der Waals surface area (Å²) in [5.74, 6) is 2.87. The molecule has 2 aromatic rings. The summed E-state index contributed by atoms with van der Waals surface area (Å²) in [5.41, 5.74) is 3.31. The molecule has 0 amide bonds. The first kappa shape index (κ1) is 27.1. The van der Waals surface area contributed by atoms with Gasteiger partial charge in [0.05, 0.1) is 33.3 Å². The van der Waals surface area contributed by atoms with Gasteiger partial charge in [0, 0.05) is 5.56 Å². The Kier molecular flexibility index (Phi) is 7.96. The highest BCUT2D eigenvalue weighted by atomic mass is 79.9. The van der Waals surface area contributed by atoms with Crippen LogP contribution < -0.4 is 23.4 Å². The number of benzene rings is 2. The highest BCUT2D eigenvalue weighted by Crippen LogP contribution is 2.48. The van der Waals surface area contributed by atoms with Crippen molar-refractivity contribution in [1.29, 1.82) is 0 Å². The highest BCUT2D eigenvalue weighted by molar-refractivity contribution is 9.10. The van der Waals surface area contributed by atoms with Crippen molar-refractivity contribution in [3.05, 3.63) is 47.0 Å². The average Bonchev–Trinajstić information content (AvgIpc) is 2.92. The molecule has 0 bridgehead atoms. The summed E-state index contributed by atoms with van der Waals surface area (Å²) in [6, 6.07) is 7.69. The van der Waals surface area contributed by atoms with Crippen molar-refractivity contribution in [2.45, 2.75) is 50.2 Å². The third kappa shape index (κ3) is 5.23. The van der Waals surface area contributed by atoms with Crippen LogP contribution >= 0.6 is 15.9 Å². The third-order valence-electron chi connectivity index (χ3n) is 6.85. The maximum Gasteiger partial charge on any atom is 0.250 e. The van der Waals surface area contributed by atoms with E-state index >= 15 is 0 Å². The first-order valence-electron chi connectivity index (χ1n) is 11.5. The molecule has 1 unspecified atom stereocenters. The van der Waals surface area contributed by atoms with Gasteiger partial charge in [-0.25, -0.2) is 0 Å². The maximum atomic E-state index is 13.1. The van der Waals surface area contributed by atoms with E-state index in [9.17, 15) is 4.79 Å². The molecule has 1 aliphatic carbocycles. The summed E-state index contributed by atoms with van der Waals surface area (Å²) in [4.78, 5) is 12.7. The van der Waals surface area contributed by atoms with Gasteiger partial charge in [-0.15, -0.1) is 0 Å². The van der Waals surface area contributed by atoms with Crippen LogP contribution in [0.15, 0.2) is 30.3 Å². The van der Waals surface area contributed by atoms with Gasteiger partial charge in [0.1, 0.15) is 5.75 Å². The Morgan fingerprint density at radius 2 is 1.51 bits per heavy atom. The molecule has 0 aliphatic heterocycles. The lowest BCUT2D eigenvalue weighted by molar-refractivity contribution is -0.113. The lowest BCUT2D eigenvalue weighted by Crippen LogP contribution is -2.43. The molecule has 1 aliphatic rings. The van der Waals surface area contributed by atoms with Crippen molar-refractivity contribution in [3.8, 4) is 28.7 Å². The molecule has 8 heteroatoms. The van der Waals surface area contributed by atoms with Crippen molar-refractivity contribution in [3.63, 3.8) is 0 Å². The number of halogens is 1. The molecule has 0 aromatic heterocycles. The first-order chi connectivity index (χ1) is 16.4. The minimum absolute atomic E-state index is 0.0125. The second-order valence-electron chi connectivity index (χ2n) is 10.0. The molecule has 0 fully saturated rings. The maximum absolute atomic E-state index is 13.1. The SMILES string of the molecule is COc1ccc(C2=CC(=O)C(Br)Cc3c2cc(OC)c(OC)c3OC)cc1O[Si](C)(C)C(C)(C)C. The second-order valence-corrected chi connectivity index (χ2v) is 15.9. The standard InChI is InChI=1S/C27H35BrO6Si/c1-27(2,3)35(8,9)34-23-12-16(10-11-22(23)30-4)17-14-21(29)20(28)13-19-18(17)15-24(31-5)26(33-7)25(19)32-6/h10-12,14-15,20H,13H2,1-9H3. The Balaban J connectivity index is 2.27. The fraction of sp³-hybridized carbons (Fsp3) is 0.444. The van der Waals surface area contributed by atoms with E-state index in [0.29, 0.717) is 35.2 Å². The number of ketones is 1. The smallest absolute Gasteiger partial charge is 0.250 e. The van der Waals surface area contributed by atoms with Gasteiger partial charge in [-0.05, 0) is 65.5 Å². The van der Waals surface area contributed by atoms with E-state index in [-0.39, 0.29) is 10.8 Å². The van der Waals surface area contributed by atoms with E-state index in [2.05, 4.69) is 49.8 Å². The molecule has 2 aromatic carbocycles. The molecule has 3 rings (SSSR count). The normalized spacial score (nSPS) is 16.1. The Labute approximate surface area is 217 Å². The minimum atomic E-state index is -2.14. The molecule has 35 heavy (non-hydrogen) atoms. The topological polar surface area (TPSA) is 63.2 Å². The Bertz CT molecular complexity index is 1150. The lowest BCUT2D eigenvalue weighted by Gasteiger charge is -2.37. The number of hydrogen-bond acceptors (Lipinski definition) is 6. The highest BCUT2D eigenvalue weighted by Gasteiger charge is 2.40. The second kappa shape index (κ2) is 10.3. The van der Waals surface area contributed by atoms with Gasteiger partial charge in [-0.1, -0.05) is 42.8 Å². The molecule has 1 atom stereocenters. The number of carbonyl (C=O) groups excluding carboxylic acids is 1. The van der Waals surface area contributed by atoms with E-state index < -0.39 is 13.1 Å². The molecular formula is C27H35BrO6Si. The number of rotatable bonds is 7. The summed E-state index contributed by atoms with van der Waals surface area (Å²) in [7, 11) is 4.24. The van der Waals surface area contributed by atoms with Crippen LogP contribution in [0, 0.1) is 0 Å². The van der Waals surface area contributed by atoms with Gasteiger partial charge >= 0.3 is 0 Å². The van der Waals surface area contributed by atoms with Gasteiger partial charge in [0.25, 0.3) is 8.32 Å². The van der Waals surface area contributed by atoms with Crippen molar-refractivity contribution >= 4 is 35.6 Å². The van der Waals surface area contributed by atoms with Gasteiger partial charge in [-0.3, -0.25) is 4.79 Å². The van der Waals surface area contributed by atoms with Crippen LogP contribution in [0.2, 0.25) is 18.1 Å². The van der Waals surface area contributed by atoms with Crippen LogP contribution in [-0.4, -0.2) is 47.4 Å². The number of hydrogen-bond donors (Lipinski definition) is 0. The zero-order valence-electron chi connectivity index (χ0n) is 22.0. The molecule has 0 spiro atoms. The number of alkyl halides is 1. The van der Waals surface area contributed by atoms with Gasteiger partial charge < -0.3 is 23.4 Å². The number of fused-ring (bicyclic) bond motifs is 1. The first-order valence-corrected chi connectivity index (χ1v) is 15.3. The van der Waals surface area contributed by atoms with Crippen LogP contribution in [0.5, 0.6) is 28.7 Å². The van der Waals surface area contributed by atoms with Crippen LogP contribution in [0.4, 0.5) is 0 Å². The predicted molar refractivity (Wildman–Crippen MR) is 145 cm³/mol. The lowest BCUT2D eigenvalue weighted by atomic mass is 9.92. The van der Waals surface area contributed by atoms with Crippen molar-refractivity contribution in [2.75, 3.05) is 28.4 Å². The molecule has 0 saturated heterocycles. The molecular weight excluding hydrogens is 528 g/mol. The summed E-state index contributed by atoms with van der Waals surface area (Å²) < 4.78 is 29.2. The Hall–Kier alpha value is -2.45. The summed E-state index contributed by atoms with van der Waals surface area (Å²) >= 11 is 3.56. The number of methoxy groups -OCH3 is 4. The van der Waals surface area contributed by atoms with Gasteiger partial charge in [0.2, 0.25) is 5.75 Å². The fourth-order valence-corrected chi connectivity index (χ4v) is 5.31. The largest absolute Gasteiger partial charge is 0.541 e. The van der Waals surface area contributed by atoms with Gasteiger partial charge in [0.15, 0.2) is 23.0 Å². The molecule has 0 heterocycles. The van der Waals surface area contributed by atoms with E-state index in [1.54, 1.807) is 34.5 Å². The average molecular weight is 564 g/mol. The number of allylic oxidation sites excluding steroid dienone is 1.